The summed E-state index contributed by atoms with van der Waals surface area (Å²) in [4.78, 5) is 28.8. The Balaban J connectivity index is 0. The van der Waals surface area contributed by atoms with Crippen LogP contribution in [-0.4, -0.2) is 23.7 Å². The van der Waals surface area contributed by atoms with Crippen LogP contribution in [0.3, 0.4) is 0 Å². The van der Waals surface area contributed by atoms with Crippen molar-refractivity contribution in [2.75, 3.05) is 6.61 Å². The van der Waals surface area contributed by atoms with Gasteiger partial charge in [0.2, 0.25) is 0 Å². The molecule has 13 heavy (non-hydrogen) atoms. The van der Waals surface area contributed by atoms with Crippen molar-refractivity contribution in [3.63, 3.8) is 0 Å². The van der Waals surface area contributed by atoms with Gasteiger partial charge < -0.3 is 5.11 Å². The monoisotopic (exact) mass is 190 g/mol. The Hall–Kier alpha value is -1.36. The third-order valence-corrected chi connectivity index (χ3v) is 0.813. The van der Waals surface area contributed by atoms with Gasteiger partial charge in [0.25, 0.3) is 0 Å². The lowest BCUT2D eigenvalue weighted by molar-refractivity contribution is -0.269. The fraction of sp³-hybridized carbons (Fsp3) is 0.500. The van der Waals surface area contributed by atoms with E-state index < -0.39 is 11.9 Å². The molecule has 0 saturated carbocycles. The van der Waals surface area contributed by atoms with Gasteiger partial charge in [-0.2, -0.15) is 4.89 Å². The van der Waals surface area contributed by atoms with E-state index in [0.29, 0.717) is 0 Å². The molecule has 0 aliphatic heterocycles. The summed E-state index contributed by atoms with van der Waals surface area (Å²) in [6, 6.07) is 0. The third kappa shape index (κ3) is 13.6. The number of carboxylic acids is 1. The molecule has 0 aliphatic rings. The summed E-state index contributed by atoms with van der Waals surface area (Å²) in [6.07, 6.45) is -0.388. The molecule has 0 rings (SSSR count). The molecule has 1 N–H and O–H groups in total. The molecule has 0 bridgehead atoms. The molecule has 0 aromatic rings. The number of carboxylic acid groups (broad SMARTS) is 1. The van der Waals surface area contributed by atoms with E-state index in [2.05, 4.69) is 22.9 Å². The Kier molecular flexibility index (Phi) is 11.6. The number of hydrogen-bond donors (Lipinski definition) is 1. The molecule has 76 valence electrons. The SMILES string of the molecule is C=C.CCOOC(=O)CCC(=O)O. The molecule has 5 nitrogen and oxygen atoms in total. The van der Waals surface area contributed by atoms with Crippen molar-refractivity contribution in [2.24, 2.45) is 0 Å². The normalized spacial score (nSPS) is 8.08. The fourth-order valence-corrected chi connectivity index (χ4v) is 0.375. The van der Waals surface area contributed by atoms with Crippen LogP contribution in [0.2, 0.25) is 0 Å². The van der Waals surface area contributed by atoms with Gasteiger partial charge in [0.15, 0.2) is 0 Å². The Bertz CT molecular complexity index is 155. The van der Waals surface area contributed by atoms with Crippen LogP contribution in [0.5, 0.6) is 0 Å². The predicted octanol–water partition coefficient (Wildman–Crippen LogP) is 1.15. The summed E-state index contributed by atoms with van der Waals surface area (Å²) in [6.45, 7) is 7.92. The molecule has 5 heteroatoms. The second-order valence-electron chi connectivity index (χ2n) is 1.76. The number of carbonyl (C=O) groups is 2. The minimum atomic E-state index is -1.03. The first-order valence-electron chi connectivity index (χ1n) is 3.71. The van der Waals surface area contributed by atoms with E-state index in [0.717, 1.165) is 0 Å². The zero-order valence-electron chi connectivity index (χ0n) is 7.62. The molecule has 0 saturated heterocycles. The zero-order chi connectivity index (χ0) is 10.7. The van der Waals surface area contributed by atoms with Crippen molar-refractivity contribution >= 4 is 11.9 Å². The van der Waals surface area contributed by atoms with Crippen molar-refractivity contribution in [1.29, 1.82) is 0 Å². The third-order valence-electron chi connectivity index (χ3n) is 0.813. The van der Waals surface area contributed by atoms with Crippen LogP contribution in [-0.2, 0) is 19.4 Å². The van der Waals surface area contributed by atoms with Crippen LogP contribution < -0.4 is 0 Å². The molecule has 0 spiro atoms. The first-order valence-corrected chi connectivity index (χ1v) is 3.71. The van der Waals surface area contributed by atoms with E-state index >= 15 is 0 Å². The van der Waals surface area contributed by atoms with Gasteiger partial charge in [-0.15, -0.1) is 13.2 Å². The summed E-state index contributed by atoms with van der Waals surface area (Å²) >= 11 is 0. The van der Waals surface area contributed by atoms with Crippen molar-refractivity contribution in [2.45, 2.75) is 19.8 Å². The van der Waals surface area contributed by atoms with Crippen molar-refractivity contribution in [3.8, 4) is 0 Å². The van der Waals surface area contributed by atoms with E-state index in [1.54, 1.807) is 6.92 Å². The maximum absolute atomic E-state index is 10.5. The highest BCUT2D eigenvalue weighted by Gasteiger charge is 2.06. The molecule has 0 radical (unpaired) electrons. The van der Waals surface area contributed by atoms with Gasteiger partial charge in [0.05, 0.1) is 19.4 Å². The Labute approximate surface area is 76.9 Å². The summed E-state index contributed by atoms with van der Waals surface area (Å²) < 4.78 is 0. The molecular weight excluding hydrogens is 176 g/mol. The van der Waals surface area contributed by atoms with Crippen molar-refractivity contribution in [1.82, 2.24) is 0 Å². The molecule has 0 heterocycles. The Morgan fingerprint density at radius 3 is 2.23 bits per heavy atom. The number of aliphatic carboxylic acids is 1. The van der Waals surface area contributed by atoms with Crippen molar-refractivity contribution in [3.05, 3.63) is 13.2 Å². The minimum Gasteiger partial charge on any atom is -0.481 e. The molecule has 0 aromatic heterocycles. The fourth-order valence-electron chi connectivity index (χ4n) is 0.375. The smallest absolute Gasteiger partial charge is 0.342 e. The Morgan fingerprint density at radius 2 is 1.85 bits per heavy atom. The van der Waals surface area contributed by atoms with Gasteiger partial charge in [-0.3, -0.25) is 9.68 Å². The standard InChI is InChI=1S/C6H10O5.C2H4/c1-2-10-11-6(9)4-3-5(7)8;1-2/h2-4H2,1H3,(H,7,8);1-2H2. The molecule has 0 unspecified atom stereocenters. The van der Waals surface area contributed by atoms with Gasteiger partial charge in [-0.25, -0.2) is 4.79 Å². The first-order chi connectivity index (χ1) is 6.16. The van der Waals surface area contributed by atoms with Crippen LogP contribution in [0.25, 0.3) is 0 Å². The molecule has 0 atom stereocenters. The van der Waals surface area contributed by atoms with Crippen LogP contribution in [0.1, 0.15) is 19.8 Å². The van der Waals surface area contributed by atoms with E-state index in [1.807, 2.05) is 0 Å². The van der Waals surface area contributed by atoms with Gasteiger partial charge in [-0.1, -0.05) is 0 Å². The van der Waals surface area contributed by atoms with E-state index in [1.165, 1.54) is 0 Å². The van der Waals surface area contributed by atoms with E-state index in [4.69, 9.17) is 5.11 Å². The Morgan fingerprint density at radius 1 is 1.31 bits per heavy atom. The lowest BCUT2D eigenvalue weighted by Gasteiger charge is -1.98. The summed E-state index contributed by atoms with van der Waals surface area (Å²) in [5, 5.41) is 8.14. The average molecular weight is 190 g/mol. The van der Waals surface area contributed by atoms with Gasteiger partial charge in [-0.05, 0) is 6.92 Å². The van der Waals surface area contributed by atoms with Crippen LogP contribution >= 0.6 is 0 Å². The molecule has 0 aliphatic carbocycles. The predicted molar refractivity (Wildman–Crippen MR) is 45.8 cm³/mol. The molecule has 0 fully saturated rings. The highest BCUT2D eigenvalue weighted by Crippen LogP contribution is 1.92. The van der Waals surface area contributed by atoms with Gasteiger partial charge in [0, 0.05) is 0 Å². The average Bonchev–Trinajstić information content (AvgIpc) is 2.14. The summed E-state index contributed by atoms with van der Waals surface area (Å²) in [7, 11) is 0. The topological polar surface area (TPSA) is 72.8 Å². The van der Waals surface area contributed by atoms with Crippen LogP contribution in [0.15, 0.2) is 13.2 Å². The summed E-state index contributed by atoms with van der Waals surface area (Å²) in [5.74, 6) is -1.69. The highest BCUT2D eigenvalue weighted by atomic mass is 17.2. The zero-order valence-corrected chi connectivity index (χ0v) is 7.62. The number of carbonyl (C=O) groups excluding carboxylic acids is 1. The number of rotatable bonds is 5. The number of hydrogen-bond acceptors (Lipinski definition) is 4. The molecule has 0 amide bonds. The van der Waals surface area contributed by atoms with Gasteiger partial charge in [0.1, 0.15) is 0 Å². The molecule has 0 aromatic carbocycles. The maximum Gasteiger partial charge on any atom is 0.342 e. The van der Waals surface area contributed by atoms with Crippen molar-refractivity contribution < 1.29 is 24.5 Å². The maximum atomic E-state index is 10.5. The van der Waals surface area contributed by atoms with Crippen LogP contribution in [0, 0.1) is 0 Å². The largest absolute Gasteiger partial charge is 0.481 e. The quantitative estimate of drug-likeness (QED) is 0.400. The van der Waals surface area contributed by atoms with E-state index in [9.17, 15) is 9.59 Å². The highest BCUT2D eigenvalue weighted by molar-refractivity contribution is 5.76. The minimum absolute atomic E-state index is 0.157. The summed E-state index contributed by atoms with van der Waals surface area (Å²) in [5.41, 5.74) is 0. The lowest BCUT2D eigenvalue weighted by Crippen LogP contribution is -2.07. The second kappa shape index (κ2) is 10.6. The first kappa shape index (κ1) is 14.2. The van der Waals surface area contributed by atoms with Crippen LogP contribution in [0.4, 0.5) is 0 Å². The van der Waals surface area contributed by atoms with E-state index in [-0.39, 0.29) is 19.4 Å². The lowest BCUT2D eigenvalue weighted by atomic mass is 10.3. The van der Waals surface area contributed by atoms with Gasteiger partial charge >= 0.3 is 11.9 Å². The molecular formula is C8H14O5. The second-order valence-corrected chi connectivity index (χ2v) is 1.76.